The molecule has 0 heterocycles. The number of halogens is 1. The van der Waals surface area contributed by atoms with E-state index in [2.05, 4.69) is 5.32 Å². The average Bonchev–Trinajstić information content (AvgIpc) is 2.51. The first kappa shape index (κ1) is 15.7. The lowest BCUT2D eigenvalue weighted by Crippen LogP contribution is -2.20. The van der Waals surface area contributed by atoms with Crippen molar-refractivity contribution < 1.29 is 9.72 Å². The van der Waals surface area contributed by atoms with Crippen LogP contribution in [-0.4, -0.2) is 10.8 Å². The highest BCUT2D eigenvalue weighted by atomic mass is 35.5. The number of nitrogens with zero attached hydrogens (tertiary/aromatic N) is 1. The summed E-state index contributed by atoms with van der Waals surface area (Å²) in [4.78, 5) is 22.1. The number of carbonyl (C=O) groups is 1. The van der Waals surface area contributed by atoms with Crippen LogP contribution in [0.1, 0.15) is 11.1 Å². The summed E-state index contributed by atoms with van der Waals surface area (Å²) in [6.07, 6.45) is 2.69. The zero-order chi connectivity index (χ0) is 15.9. The van der Waals surface area contributed by atoms with Crippen LogP contribution in [0.5, 0.6) is 0 Å². The van der Waals surface area contributed by atoms with E-state index in [1.54, 1.807) is 36.4 Å². The fourth-order valence-electron chi connectivity index (χ4n) is 1.86. The Bertz CT molecular complexity index is 729. The number of nitrogens with one attached hydrogen (secondary N) is 1. The van der Waals surface area contributed by atoms with Gasteiger partial charge in [0.25, 0.3) is 5.69 Å². The van der Waals surface area contributed by atoms with Crippen molar-refractivity contribution in [2.45, 2.75) is 6.54 Å². The van der Waals surface area contributed by atoms with Crippen LogP contribution in [0.4, 0.5) is 5.69 Å². The van der Waals surface area contributed by atoms with Gasteiger partial charge in [-0.1, -0.05) is 35.9 Å². The molecule has 0 radical (unpaired) electrons. The standard InChI is InChI=1S/C16H13ClN2O3/c17-14-6-3-4-12(10-14)11-18-16(20)9-8-13-5-1-2-7-15(13)19(21)22/h1-10H,11H2,(H,18,20). The largest absolute Gasteiger partial charge is 0.348 e. The van der Waals surface area contributed by atoms with Crippen molar-refractivity contribution in [1.82, 2.24) is 5.32 Å². The Labute approximate surface area is 132 Å². The number of nitro groups is 1. The predicted octanol–water partition coefficient (Wildman–Crippen LogP) is 3.58. The number of rotatable bonds is 5. The van der Waals surface area contributed by atoms with Gasteiger partial charge in [0.2, 0.25) is 5.91 Å². The minimum absolute atomic E-state index is 0.0404. The van der Waals surface area contributed by atoms with Crippen LogP contribution in [0.15, 0.2) is 54.6 Å². The minimum Gasteiger partial charge on any atom is -0.348 e. The van der Waals surface area contributed by atoms with E-state index in [0.29, 0.717) is 17.1 Å². The van der Waals surface area contributed by atoms with E-state index < -0.39 is 4.92 Å². The molecule has 0 saturated carbocycles. The van der Waals surface area contributed by atoms with E-state index >= 15 is 0 Å². The number of hydrogen-bond acceptors (Lipinski definition) is 3. The SMILES string of the molecule is O=C(C=Cc1ccccc1[N+](=O)[O-])NCc1cccc(Cl)c1. The molecule has 6 heteroatoms. The fourth-order valence-corrected chi connectivity index (χ4v) is 2.07. The van der Waals surface area contributed by atoms with Crippen molar-refractivity contribution in [2.24, 2.45) is 0 Å². The topological polar surface area (TPSA) is 72.2 Å². The lowest BCUT2D eigenvalue weighted by atomic mass is 10.1. The molecular weight excluding hydrogens is 304 g/mol. The summed E-state index contributed by atoms with van der Waals surface area (Å²) in [6, 6.07) is 13.4. The monoisotopic (exact) mass is 316 g/mol. The summed E-state index contributed by atoms with van der Waals surface area (Å²) in [7, 11) is 0. The summed E-state index contributed by atoms with van der Waals surface area (Å²) in [6.45, 7) is 0.334. The maximum absolute atomic E-state index is 11.8. The third kappa shape index (κ3) is 4.43. The molecule has 0 bridgehead atoms. The first-order valence-electron chi connectivity index (χ1n) is 6.50. The molecule has 2 rings (SSSR count). The van der Waals surface area contributed by atoms with Crippen molar-refractivity contribution in [3.05, 3.63) is 80.9 Å². The van der Waals surface area contributed by atoms with Crippen LogP contribution in [0.3, 0.4) is 0 Å². The molecular formula is C16H13ClN2O3. The zero-order valence-electron chi connectivity index (χ0n) is 11.5. The summed E-state index contributed by atoms with van der Waals surface area (Å²) in [5.41, 5.74) is 1.21. The molecule has 0 atom stereocenters. The first-order valence-corrected chi connectivity index (χ1v) is 6.88. The van der Waals surface area contributed by atoms with Crippen molar-refractivity contribution in [3.63, 3.8) is 0 Å². The molecule has 5 nitrogen and oxygen atoms in total. The van der Waals surface area contributed by atoms with E-state index in [-0.39, 0.29) is 11.6 Å². The van der Waals surface area contributed by atoms with E-state index in [1.165, 1.54) is 18.2 Å². The van der Waals surface area contributed by atoms with Gasteiger partial charge < -0.3 is 5.32 Å². The molecule has 0 unspecified atom stereocenters. The molecule has 22 heavy (non-hydrogen) atoms. The normalized spacial score (nSPS) is 10.6. The van der Waals surface area contributed by atoms with E-state index in [4.69, 9.17) is 11.6 Å². The molecule has 0 aliphatic rings. The Hall–Kier alpha value is -2.66. The Balaban J connectivity index is 1.99. The zero-order valence-corrected chi connectivity index (χ0v) is 12.3. The lowest BCUT2D eigenvalue weighted by Gasteiger charge is -2.03. The number of amides is 1. The van der Waals surface area contributed by atoms with Crippen LogP contribution in [0.2, 0.25) is 5.02 Å². The summed E-state index contributed by atoms with van der Waals surface area (Å²) < 4.78 is 0. The second kappa shape index (κ2) is 7.38. The van der Waals surface area contributed by atoms with Crippen LogP contribution < -0.4 is 5.32 Å². The quantitative estimate of drug-likeness (QED) is 0.520. The maximum atomic E-state index is 11.8. The Kier molecular flexibility index (Phi) is 5.27. The Morgan fingerprint density at radius 1 is 1.23 bits per heavy atom. The number of nitro benzene ring substituents is 1. The fraction of sp³-hybridized carbons (Fsp3) is 0.0625. The molecule has 0 fully saturated rings. The van der Waals surface area contributed by atoms with Crippen LogP contribution in [-0.2, 0) is 11.3 Å². The van der Waals surface area contributed by atoms with Gasteiger partial charge in [0, 0.05) is 23.7 Å². The Morgan fingerprint density at radius 3 is 2.73 bits per heavy atom. The van der Waals surface area contributed by atoms with Crippen molar-refractivity contribution in [1.29, 1.82) is 0 Å². The highest BCUT2D eigenvalue weighted by molar-refractivity contribution is 6.30. The van der Waals surface area contributed by atoms with Gasteiger partial charge in [-0.05, 0) is 29.8 Å². The van der Waals surface area contributed by atoms with E-state index in [0.717, 1.165) is 5.56 Å². The van der Waals surface area contributed by atoms with Crippen molar-refractivity contribution in [2.75, 3.05) is 0 Å². The number of carbonyl (C=O) groups excluding carboxylic acids is 1. The second-order valence-electron chi connectivity index (χ2n) is 4.50. The van der Waals surface area contributed by atoms with Gasteiger partial charge in [-0.25, -0.2) is 0 Å². The van der Waals surface area contributed by atoms with E-state index in [1.807, 2.05) is 6.07 Å². The number of hydrogen-bond donors (Lipinski definition) is 1. The summed E-state index contributed by atoms with van der Waals surface area (Å²) in [5.74, 6) is -0.335. The van der Waals surface area contributed by atoms with Gasteiger partial charge in [0.15, 0.2) is 0 Å². The minimum atomic E-state index is -0.483. The van der Waals surface area contributed by atoms with Gasteiger partial charge in [-0.3, -0.25) is 14.9 Å². The third-order valence-electron chi connectivity index (χ3n) is 2.90. The molecule has 0 aliphatic heterocycles. The van der Waals surface area contributed by atoms with Gasteiger partial charge in [0.05, 0.1) is 10.5 Å². The predicted molar refractivity (Wildman–Crippen MR) is 85.4 cm³/mol. The molecule has 0 spiro atoms. The summed E-state index contributed by atoms with van der Waals surface area (Å²) >= 11 is 5.86. The van der Waals surface area contributed by atoms with Crippen LogP contribution >= 0.6 is 11.6 Å². The average molecular weight is 317 g/mol. The molecule has 1 N–H and O–H groups in total. The molecule has 0 aromatic heterocycles. The molecule has 2 aromatic carbocycles. The van der Waals surface area contributed by atoms with Crippen LogP contribution in [0, 0.1) is 10.1 Å². The maximum Gasteiger partial charge on any atom is 0.276 e. The van der Waals surface area contributed by atoms with Crippen molar-refractivity contribution in [3.8, 4) is 0 Å². The number of benzene rings is 2. The smallest absolute Gasteiger partial charge is 0.276 e. The van der Waals surface area contributed by atoms with Crippen molar-refractivity contribution >= 4 is 29.3 Å². The van der Waals surface area contributed by atoms with Gasteiger partial charge in [0.1, 0.15) is 0 Å². The third-order valence-corrected chi connectivity index (χ3v) is 3.14. The van der Waals surface area contributed by atoms with Gasteiger partial charge in [-0.15, -0.1) is 0 Å². The molecule has 0 saturated heterocycles. The number of para-hydroxylation sites is 1. The molecule has 112 valence electrons. The first-order chi connectivity index (χ1) is 10.6. The van der Waals surface area contributed by atoms with Gasteiger partial charge >= 0.3 is 0 Å². The lowest BCUT2D eigenvalue weighted by molar-refractivity contribution is -0.385. The highest BCUT2D eigenvalue weighted by Gasteiger charge is 2.09. The molecule has 1 amide bonds. The highest BCUT2D eigenvalue weighted by Crippen LogP contribution is 2.18. The van der Waals surface area contributed by atoms with Gasteiger partial charge in [-0.2, -0.15) is 0 Å². The van der Waals surface area contributed by atoms with Crippen LogP contribution in [0.25, 0.3) is 6.08 Å². The molecule has 2 aromatic rings. The molecule has 0 aliphatic carbocycles. The second-order valence-corrected chi connectivity index (χ2v) is 4.93. The summed E-state index contributed by atoms with van der Waals surface area (Å²) in [5, 5.41) is 14.2. The Morgan fingerprint density at radius 2 is 2.00 bits per heavy atom. The van der Waals surface area contributed by atoms with E-state index in [9.17, 15) is 14.9 Å².